The molecule has 0 bridgehead atoms. The van der Waals surface area contributed by atoms with Gasteiger partial charge in [0.1, 0.15) is 0 Å². The summed E-state index contributed by atoms with van der Waals surface area (Å²) in [6, 6.07) is 7.43. The summed E-state index contributed by atoms with van der Waals surface area (Å²) in [6.45, 7) is 4.65. The van der Waals surface area contributed by atoms with Gasteiger partial charge in [-0.05, 0) is 56.0 Å². The molecule has 6 heteroatoms. The molecule has 5 nitrogen and oxygen atoms in total. The Morgan fingerprint density at radius 2 is 1.92 bits per heavy atom. The molecule has 1 aromatic carbocycles. The Kier molecular flexibility index (Phi) is 6.25. The molecule has 3 rings (SSSR count). The summed E-state index contributed by atoms with van der Waals surface area (Å²) in [4.78, 5) is 29.9. The van der Waals surface area contributed by atoms with Crippen LogP contribution in [0.3, 0.4) is 0 Å². The number of hydrogen-bond acceptors (Lipinski definition) is 3. The Morgan fingerprint density at radius 3 is 2.69 bits per heavy atom. The van der Waals surface area contributed by atoms with Crippen molar-refractivity contribution in [3.63, 3.8) is 0 Å². The molecule has 0 aliphatic carbocycles. The van der Waals surface area contributed by atoms with Crippen LogP contribution in [0.25, 0.3) is 10.9 Å². The fourth-order valence-corrected chi connectivity index (χ4v) is 3.83. The zero-order valence-corrected chi connectivity index (χ0v) is 16.2. The van der Waals surface area contributed by atoms with E-state index in [-0.39, 0.29) is 11.5 Å². The first-order valence-corrected chi connectivity index (χ1v) is 9.96. The Balaban J connectivity index is 1.48. The molecule has 0 spiro atoms. The summed E-state index contributed by atoms with van der Waals surface area (Å²) in [7, 11) is 0. The number of carbonyl (C=O) groups excluding carboxylic acids is 1. The minimum absolute atomic E-state index is 0.0390. The molecule has 1 aliphatic rings. The summed E-state index contributed by atoms with van der Waals surface area (Å²) in [6.07, 6.45) is 5.48. The Hall–Kier alpha value is -1.95. The smallest absolute Gasteiger partial charge is 0.262 e. The van der Waals surface area contributed by atoms with Crippen molar-refractivity contribution < 1.29 is 4.79 Å². The SMILES string of the molecule is CC1CCN(C(=O)CCCCCn2c(=S)[nH]c3ccccc3c2=O)CC1. The molecular weight excluding hydrogens is 346 g/mol. The van der Waals surface area contributed by atoms with Gasteiger partial charge >= 0.3 is 0 Å². The van der Waals surface area contributed by atoms with E-state index in [0.717, 1.165) is 56.6 Å². The molecule has 1 fully saturated rings. The van der Waals surface area contributed by atoms with E-state index in [0.29, 0.717) is 23.1 Å². The van der Waals surface area contributed by atoms with E-state index in [1.165, 1.54) is 0 Å². The Labute approximate surface area is 159 Å². The van der Waals surface area contributed by atoms with Crippen LogP contribution in [0.1, 0.15) is 45.4 Å². The predicted molar refractivity (Wildman–Crippen MR) is 107 cm³/mol. The van der Waals surface area contributed by atoms with E-state index in [9.17, 15) is 9.59 Å². The lowest BCUT2D eigenvalue weighted by molar-refractivity contribution is -0.132. The van der Waals surface area contributed by atoms with Gasteiger partial charge in [0.25, 0.3) is 5.56 Å². The molecule has 26 heavy (non-hydrogen) atoms. The molecule has 0 atom stereocenters. The number of unbranched alkanes of at least 4 members (excludes halogenated alkanes) is 2. The molecular formula is C20H27N3O2S. The third-order valence-corrected chi connectivity index (χ3v) is 5.62. The maximum Gasteiger partial charge on any atom is 0.262 e. The Bertz CT molecular complexity index is 878. The average Bonchev–Trinajstić information content (AvgIpc) is 2.64. The van der Waals surface area contributed by atoms with Crippen LogP contribution in [-0.2, 0) is 11.3 Å². The van der Waals surface area contributed by atoms with E-state index < -0.39 is 0 Å². The molecule has 140 valence electrons. The lowest BCUT2D eigenvalue weighted by atomic mass is 9.99. The number of para-hydroxylation sites is 1. The van der Waals surface area contributed by atoms with E-state index in [4.69, 9.17) is 12.2 Å². The lowest BCUT2D eigenvalue weighted by Gasteiger charge is -2.30. The largest absolute Gasteiger partial charge is 0.343 e. The molecule has 1 amide bonds. The van der Waals surface area contributed by atoms with Crippen LogP contribution in [0.5, 0.6) is 0 Å². The summed E-state index contributed by atoms with van der Waals surface area (Å²) in [5.41, 5.74) is 0.739. The molecule has 2 aromatic rings. The van der Waals surface area contributed by atoms with Crippen molar-refractivity contribution in [3.8, 4) is 0 Å². The van der Waals surface area contributed by atoms with E-state index in [1.807, 2.05) is 29.2 Å². The maximum atomic E-state index is 12.6. The van der Waals surface area contributed by atoms with Crippen molar-refractivity contribution in [2.24, 2.45) is 5.92 Å². The average molecular weight is 374 g/mol. The molecule has 1 aliphatic heterocycles. The third kappa shape index (κ3) is 4.41. The topological polar surface area (TPSA) is 58.1 Å². The molecule has 2 heterocycles. The lowest BCUT2D eigenvalue weighted by Crippen LogP contribution is -2.37. The predicted octanol–water partition coefficient (Wildman–Crippen LogP) is 3.88. The number of nitrogens with zero attached hydrogens (tertiary/aromatic N) is 2. The number of aromatic nitrogens is 2. The maximum absolute atomic E-state index is 12.6. The van der Waals surface area contributed by atoms with Crippen molar-refractivity contribution in [2.75, 3.05) is 13.1 Å². The molecule has 0 saturated carbocycles. The first kappa shape index (κ1) is 18.8. The van der Waals surface area contributed by atoms with Crippen molar-refractivity contribution >= 4 is 29.0 Å². The highest BCUT2D eigenvalue weighted by atomic mass is 32.1. The van der Waals surface area contributed by atoms with Crippen LogP contribution >= 0.6 is 12.2 Å². The fraction of sp³-hybridized carbons (Fsp3) is 0.550. The highest BCUT2D eigenvalue weighted by molar-refractivity contribution is 7.71. The number of hydrogen-bond donors (Lipinski definition) is 1. The van der Waals surface area contributed by atoms with Crippen molar-refractivity contribution in [2.45, 2.75) is 52.0 Å². The minimum atomic E-state index is -0.0390. The van der Waals surface area contributed by atoms with Crippen LogP contribution in [0.4, 0.5) is 0 Å². The van der Waals surface area contributed by atoms with E-state index in [2.05, 4.69) is 11.9 Å². The van der Waals surface area contributed by atoms with Crippen LogP contribution in [0.2, 0.25) is 0 Å². The number of nitrogens with one attached hydrogen (secondary N) is 1. The van der Waals surface area contributed by atoms with Gasteiger partial charge in [-0.15, -0.1) is 0 Å². The van der Waals surface area contributed by atoms with Gasteiger partial charge in [0.05, 0.1) is 10.9 Å². The number of benzene rings is 1. The van der Waals surface area contributed by atoms with Crippen LogP contribution in [0, 0.1) is 10.7 Å². The second-order valence-corrected chi connectivity index (χ2v) is 7.69. The molecule has 0 radical (unpaired) electrons. The Morgan fingerprint density at radius 1 is 1.19 bits per heavy atom. The first-order valence-electron chi connectivity index (χ1n) is 9.56. The fourth-order valence-electron chi connectivity index (χ4n) is 3.54. The molecule has 1 saturated heterocycles. The summed E-state index contributed by atoms with van der Waals surface area (Å²) in [5, 5.41) is 0.663. The van der Waals surface area contributed by atoms with Crippen LogP contribution in [0.15, 0.2) is 29.1 Å². The number of piperidine rings is 1. The van der Waals surface area contributed by atoms with Gasteiger partial charge in [-0.3, -0.25) is 14.2 Å². The van der Waals surface area contributed by atoms with Gasteiger partial charge in [0.2, 0.25) is 5.91 Å². The van der Waals surface area contributed by atoms with Crippen LogP contribution in [-0.4, -0.2) is 33.4 Å². The number of aromatic amines is 1. The van der Waals surface area contributed by atoms with Gasteiger partial charge in [0, 0.05) is 26.1 Å². The number of rotatable bonds is 6. The number of likely N-dealkylation sites (tertiary alicyclic amines) is 1. The number of carbonyl (C=O) groups is 1. The van der Waals surface area contributed by atoms with Gasteiger partial charge in [-0.25, -0.2) is 0 Å². The van der Waals surface area contributed by atoms with Crippen molar-refractivity contribution in [1.29, 1.82) is 0 Å². The van der Waals surface area contributed by atoms with Gasteiger partial charge in [-0.1, -0.05) is 25.5 Å². The summed E-state index contributed by atoms with van der Waals surface area (Å²) in [5.74, 6) is 1.01. The second kappa shape index (κ2) is 8.62. The number of amides is 1. The zero-order chi connectivity index (χ0) is 18.5. The monoisotopic (exact) mass is 373 g/mol. The second-order valence-electron chi connectivity index (χ2n) is 7.31. The summed E-state index contributed by atoms with van der Waals surface area (Å²) < 4.78 is 2.10. The van der Waals surface area contributed by atoms with Gasteiger partial charge in [0.15, 0.2) is 4.77 Å². The van der Waals surface area contributed by atoms with Gasteiger partial charge < -0.3 is 9.88 Å². The molecule has 1 aromatic heterocycles. The van der Waals surface area contributed by atoms with Crippen molar-refractivity contribution in [3.05, 3.63) is 39.4 Å². The van der Waals surface area contributed by atoms with Gasteiger partial charge in [-0.2, -0.15) is 0 Å². The molecule has 1 N–H and O–H groups in total. The quantitative estimate of drug-likeness (QED) is 0.617. The highest BCUT2D eigenvalue weighted by Gasteiger charge is 2.19. The van der Waals surface area contributed by atoms with Crippen LogP contribution < -0.4 is 5.56 Å². The zero-order valence-electron chi connectivity index (χ0n) is 15.4. The minimum Gasteiger partial charge on any atom is -0.343 e. The highest BCUT2D eigenvalue weighted by Crippen LogP contribution is 2.17. The first-order chi connectivity index (χ1) is 12.6. The summed E-state index contributed by atoms with van der Waals surface area (Å²) >= 11 is 5.33. The third-order valence-electron chi connectivity index (χ3n) is 5.30. The van der Waals surface area contributed by atoms with E-state index in [1.54, 1.807) is 4.57 Å². The van der Waals surface area contributed by atoms with Crippen molar-refractivity contribution in [1.82, 2.24) is 14.5 Å². The normalized spacial score (nSPS) is 15.5. The standard InChI is InChI=1S/C20H27N3O2S/c1-15-10-13-22(14-11-15)18(24)9-3-2-6-12-23-19(25)16-7-4-5-8-17(16)21-20(23)26/h4-5,7-8,15H,2-3,6,9-14H2,1H3,(H,21,26). The molecule has 0 unspecified atom stereocenters. The number of fused-ring (bicyclic) bond motifs is 1. The van der Waals surface area contributed by atoms with E-state index >= 15 is 0 Å². The number of H-pyrrole nitrogens is 1.